The van der Waals surface area contributed by atoms with Gasteiger partial charge in [0.2, 0.25) is 0 Å². The van der Waals surface area contributed by atoms with Crippen LogP contribution in [-0.2, 0) is 9.59 Å². The van der Waals surface area contributed by atoms with E-state index in [9.17, 15) is 9.59 Å². The Balaban J connectivity index is 0.000000274. The molecule has 0 amide bonds. The average molecular weight is 276 g/mol. The van der Waals surface area contributed by atoms with E-state index in [4.69, 9.17) is 10.2 Å². The van der Waals surface area contributed by atoms with Crippen molar-refractivity contribution in [2.24, 2.45) is 0 Å². The fourth-order valence-corrected chi connectivity index (χ4v) is 0.649. The molecule has 0 spiro atoms. The second kappa shape index (κ2) is 12.3. The summed E-state index contributed by atoms with van der Waals surface area (Å²) in [6.45, 7) is 0. The van der Waals surface area contributed by atoms with Crippen molar-refractivity contribution in [3.63, 3.8) is 0 Å². The lowest BCUT2D eigenvalue weighted by molar-refractivity contribution is -0.134. The molecule has 0 aliphatic rings. The highest BCUT2D eigenvalue weighted by molar-refractivity contribution is 5.89. The number of aromatic nitrogens is 4. The van der Waals surface area contributed by atoms with Crippen LogP contribution in [0.4, 0.5) is 0 Å². The van der Waals surface area contributed by atoms with Crippen LogP contribution in [0.5, 0.6) is 0 Å². The fraction of sp³-hybridized carbons (Fsp3) is 0. The molecule has 0 saturated carbocycles. The lowest BCUT2D eigenvalue weighted by atomic mass is 10.5. The maximum atomic E-state index is 9.55. The fourth-order valence-electron chi connectivity index (χ4n) is 0.649. The molecule has 20 heavy (non-hydrogen) atoms. The summed E-state index contributed by atoms with van der Waals surface area (Å²) in [5.74, 6) is -2.51. The van der Waals surface area contributed by atoms with Crippen LogP contribution in [0.2, 0.25) is 0 Å². The van der Waals surface area contributed by atoms with Crippen LogP contribution in [0.15, 0.2) is 61.7 Å². The molecule has 0 aliphatic heterocycles. The van der Waals surface area contributed by atoms with E-state index in [1.165, 1.54) is 12.7 Å². The second-order valence-corrected chi connectivity index (χ2v) is 2.82. The highest BCUT2D eigenvalue weighted by Gasteiger charge is 1.88. The van der Waals surface area contributed by atoms with Crippen LogP contribution in [0.1, 0.15) is 0 Å². The molecule has 8 nitrogen and oxygen atoms in total. The maximum absolute atomic E-state index is 9.55. The Morgan fingerprint density at radius 1 is 0.700 bits per heavy atom. The first-order valence-electron chi connectivity index (χ1n) is 5.17. The van der Waals surface area contributed by atoms with Crippen molar-refractivity contribution >= 4 is 11.9 Å². The summed E-state index contributed by atoms with van der Waals surface area (Å²) in [7, 11) is 0. The van der Waals surface area contributed by atoms with Crippen LogP contribution in [-0.4, -0.2) is 42.1 Å². The minimum atomic E-state index is -1.26. The molecule has 0 unspecified atom stereocenters. The third kappa shape index (κ3) is 14.8. The molecule has 0 bridgehead atoms. The SMILES string of the molecule is O=C(O)/C=C/C(=O)O.c1cncnc1.c1cncnc1. The van der Waals surface area contributed by atoms with Crippen LogP contribution in [0.25, 0.3) is 0 Å². The molecule has 2 N–H and O–H groups in total. The molecule has 0 radical (unpaired) electrons. The van der Waals surface area contributed by atoms with Crippen molar-refractivity contribution in [2.45, 2.75) is 0 Å². The van der Waals surface area contributed by atoms with Gasteiger partial charge < -0.3 is 10.2 Å². The molecule has 104 valence electrons. The normalized spacial score (nSPS) is 8.60. The Labute approximate surface area is 114 Å². The molecule has 0 saturated heterocycles. The third-order valence-corrected chi connectivity index (χ3v) is 1.32. The first-order valence-corrected chi connectivity index (χ1v) is 5.17. The lowest BCUT2D eigenvalue weighted by Gasteiger charge is -1.74. The van der Waals surface area contributed by atoms with E-state index in [0.717, 1.165) is 0 Å². The summed E-state index contributed by atoms with van der Waals surface area (Å²) < 4.78 is 0. The van der Waals surface area contributed by atoms with Crippen LogP contribution >= 0.6 is 0 Å². The summed E-state index contributed by atoms with van der Waals surface area (Å²) in [4.78, 5) is 33.8. The Bertz CT molecular complexity index is 404. The molecule has 0 aromatic carbocycles. The van der Waals surface area contributed by atoms with Gasteiger partial charge in [0.25, 0.3) is 0 Å². The van der Waals surface area contributed by atoms with Crippen molar-refractivity contribution in [1.29, 1.82) is 0 Å². The van der Waals surface area contributed by atoms with E-state index in [0.29, 0.717) is 12.2 Å². The number of carboxylic acids is 2. The quantitative estimate of drug-likeness (QED) is 0.766. The Morgan fingerprint density at radius 2 is 1.00 bits per heavy atom. The monoisotopic (exact) mass is 276 g/mol. The zero-order valence-corrected chi connectivity index (χ0v) is 10.3. The zero-order chi connectivity index (χ0) is 15.1. The van der Waals surface area contributed by atoms with Gasteiger partial charge in [-0.15, -0.1) is 0 Å². The van der Waals surface area contributed by atoms with Gasteiger partial charge >= 0.3 is 11.9 Å². The highest BCUT2D eigenvalue weighted by Crippen LogP contribution is 1.70. The molecule has 2 aromatic rings. The Kier molecular flexibility index (Phi) is 10.4. The van der Waals surface area contributed by atoms with Gasteiger partial charge in [-0.05, 0) is 12.1 Å². The van der Waals surface area contributed by atoms with E-state index >= 15 is 0 Å². The predicted molar refractivity (Wildman–Crippen MR) is 68.5 cm³/mol. The average Bonchev–Trinajstić information content (AvgIpc) is 2.50. The standard InChI is InChI=1S/2C4H4N2.C4H4O4/c2*1-2-5-4-6-3-1;5-3(6)1-2-4(7)8/h2*1-4H;1-2H,(H,5,6)(H,7,8)/b;;2-1+. The van der Waals surface area contributed by atoms with E-state index in [-0.39, 0.29) is 0 Å². The van der Waals surface area contributed by atoms with Crippen molar-refractivity contribution in [2.75, 3.05) is 0 Å². The molecule has 0 aliphatic carbocycles. The molecule has 2 heterocycles. The Hall–Kier alpha value is -3.16. The largest absolute Gasteiger partial charge is 0.478 e. The van der Waals surface area contributed by atoms with Crippen molar-refractivity contribution < 1.29 is 19.8 Å². The summed E-state index contributed by atoms with van der Waals surface area (Å²) in [5.41, 5.74) is 0. The van der Waals surface area contributed by atoms with Crippen molar-refractivity contribution in [1.82, 2.24) is 19.9 Å². The number of carboxylic acid groups (broad SMARTS) is 2. The number of hydrogen-bond acceptors (Lipinski definition) is 6. The third-order valence-electron chi connectivity index (χ3n) is 1.32. The van der Waals surface area contributed by atoms with Gasteiger partial charge in [0.1, 0.15) is 12.7 Å². The molecular formula is C12H12N4O4. The number of aliphatic carboxylic acids is 2. The summed E-state index contributed by atoms with van der Waals surface area (Å²) in [6, 6.07) is 3.56. The topological polar surface area (TPSA) is 126 Å². The Morgan fingerprint density at radius 3 is 1.10 bits per heavy atom. The summed E-state index contributed by atoms with van der Waals surface area (Å²) in [5, 5.41) is 15.6. The molecule has 2 rings (SSSR count). The van der Waals surface area contributed by atoms with Crippen molar-refractivity contribution in [3.8, 4) is 0 Å². The van der Waals surface area contributed by atoms with E-state index in [1.54, 1.807) is 36.9 Å². The van der Waals surface area contributed by atoms with E-state index < -0.39 is 11.9 Å². The first kappa shape index (κ1) is 16.8. The van der Waals surface area contributed by atoms with Gasteiger partial charge in [-0.25, -0.2) is 29.5 Å². The van der Waals surface area contributed by atoms with Gasteiger partial charge in [-0.3, -0.25) is 0 Å². The highest BCUT2D eigenvalue weighted by atomic mass is 16.4. The van der Waals surface area contributed by atoms with E-state index in [2.05, 4.69) is 19.9 Å². The number of rotatable bonds is 2. The van der Waals surface area contributed by atoms with Gasteiger partial charge in [0.05, 0.1) is 0 Å². The molecular weight excluding hydrogens is 264 g/mol. The minimum Gasteiger partial charge on any atom is -0.478 e. The smallest absolute Gasteiger partial charge is 0.328 e. The van der Waals surface area contributed by atoms with Gasteiger partial charge in [-0.2, -0.15) is 0 Å². The van der Waals surface area contributed by atoms with E-state index in [1.807, 2.05) is 0 Å². The lowest BCUT2D eigenvalue weighted by Crippen LogP contribution is -1.91. The first-order chi connectivity index (χ1) is 9.63. The van der Waals surface area contributed by atoms with Crippen LogP contribution in [0.3, 0.4) is 0 Å². The van der Waals surface area contributed by atoms with Crippen LogP contribution < -0.4 is 0 Å². The van der Waals surface area contributed by atoms with Gasteiger partial charge in [0, 0.05) is 36.9 Å². The maximum Gasteiger partial charge on any atom is 0.328 e. The van der Waals surface area contributed by atoms with Crippen molar-refractivity contribution in [3.05, 3.63) is 61.7 Å². The molecule has 8 heteroatoms. The van der Waals surface area contributed by atoms with Gasteiger partial charge in [-0.1, -0.05) is 0 Å². The predicted octanol–water partition coefficient (Wildman–Crippen LogP) is 0.665. The molecule has 2 aromatic heterocycles. The number of hydrogen-bond donors (Lipinski definition) is 2. The zero-order valence-electron chi connectivity index (χ0n) is 10.3. The summed E-state index contributed by atoms with van der Waals surface area (Å²) >= 11 is 0. The number of carbonyl (C=O) groups is 2. The number of nitrogens with zero attached hydrogens (tertiary/aromatic N) is 4. The van der Waals surface area contributed by atoms with Crippen LogP contribution in [0, 0.1) is 0 Å². The minimum absolute atomic E-state index is 0.558. The van der Waals surface area contributed by atoms with Gasteiger partial charge in [0.15, 0.2) is 0 Å². The molecule has 0 fully saturated rings. The summed E-state index contributed by atoms with van der Waals surface area (Å²) in [6.07, 6.45) is 10.9. The molecule has 0 atom stereocenters. The second-order valence-electron chi connectivity index (χ2n) is 2.82.